The first-order valence-corrected chi connectivity index (χ1v) is 9.87. The monoisotopic (exact) mass is 352 g/mol. The van der Waals surface area contributed by atoms with E-state index < -0.39 is 10.0 Å². The van der Waals surface area contributed by atoms with Crippen LogP contribution in [0.3, 0.4) is 0 Å². The molecule has 23 heavy (non-hydrogen) atoms. The van der Waals surface area contributed by atoms with E-state index in [9.17, 15) is 8.42 Å². The van der Waals surface area contributed by atoms with Crippen LogP contribution in [0, 0.1) is 13.8 Å². The minimum atomic E-state index is -3.36. The zero-order valence-electron chi connectivity index (χ0n) is 13.2. The van der Waals surface area contributed by atoms with Gasteiger partial charge in [-0.2, -0.15) is 4.31 Å². The highest BCUT2D eigenvalue weighted by atomic mass is 32.2. The van der Waals surface area contributed by atoms with E-state index in [0.717, 1.165) is 16.3 Å². The summed E-state index contributed by atoms with van der Waals surface area (Å²) in [6, 6.07) is 7.35. The van der Waals surface area contributed by atoms with Crippen molar-refractivity contribution >= 4 is 21.4 Å². The molecule has 2 aromatic rings. The maximum atomic E-state index is 12.6. The second kappa shape index (κ2) is 6.59. The SMILES string of the molecule is Cc1ccc(OC2CCN(S(=O)(=O)c3ccc(C)s3)CC2)cn1. The highest BCUT2D eigenvalue weighted by Crippen LogP contribution is 2.27. The summed E-state index contributed by atoms with van der Waals surface area (Å²) in [5, 5.41) is 0. The van der Waals surface area contributed by atoms with Gasteiger partial charge < -0.3 is 4.74 Å². The standard InChI is InChI=1S/C16H20N2O3S2/c1-12-3-5-15(11-17-12)21-14-7-9-18(10-8-14)23(19,20)16-6-4-13(2)22-16/h3-6,11,14H,7-10H2,1-2H3. The second-order valence-corrected chi connectivity index (χ2v) is 9.17. The lowest BCUT2D eigenvalue weighted by atomic mass is 10.1. The van der Waals surface area contributed by atoms with Crippen LogP contribution in [0.2, 0.25) is 0 Å². The van der Waals surface area contributed by atoms with E-state index in [1.165, 1.54) is 11.3 Å². The van der Waals surface area contributed by atoms with Crippen LogP contribution in [-0.4, -0.2) is 36.9 Å². The molecule has 0 aromatic carbocycles. The number of thiophene rings is 1. The Balaban J connectivity index is 1.61. The van der Waals surface area contributed by atoms with Crippen molar-refractivity contribution in [3.05, 3.63) is 41.0 Å². The van der Waals surface area contributed by atoms with Gasteiger partial charge in [-0.05, 0) is 51.0 Å². The lowest BCUT2D eigenvalue weighted by Gasteiger charge is -2.31. The van der Waals surface area contributed by atoms with Crippen molar-refractivity contribution in [1.29, 1.82) is 0 Å². The summed E-state index contributed by atoms with van der Waals surface area (Å²) in [6.45, 7) is 4.82. The number of nitrogens with zero attached hydrogens (tertiary/aromatic N) is 2. The van der Waals surface area contributed by atoms with E-state index in [1.54, 1.807) is 16.6 Å². The fourth-order valence-corrected chi connectivity index (χ4v) is 5.49. The lowest BCUT2D eigenvalue weighted by Crippen LogP contribution is -2.41. The van der Waals surface area contributed by atoms with Crippen LogP contribution >= 0.6 is 11.3 Å². The Morgan fingerprint density at radius 3 is 2.48 bits per heavy atom. The van der Waals surface area contributed by atoms with E-state index in [2.05, 4.69) is 4.98 Å². The summed E-state index contributed by atoms with van der Waals surface area (Å²) in [5.41, 5.74) is 0.949. The number of aryl methyl sites for hydroxylation is 2. The number of aromatic nitrogens is 1. The number of piperidine rings is 1. The molecule has 0 unspecified atom stereocenters. The second-order valence-electron chi connectivity index (χ2n) is 5.72. The van der Waals surface area contributed by atoms with Crippen molar-refractivity contribution in [2.24, 2.45) is 0 Å². The molecule has 0 N–H and O–H groups in total. The summed E-state index contributed by atoms with van der Waals surface area (Å²) in [4.78, 5) is 5.22. The van der Waals surface area contributed by atoms with Crippen molar-refractivity contribution in [1.82, 2.24) is 9.29 Å². The van der Waals surface area contributed by atoms with Gasteiger partial charge in [0.05, 0.1) is 6.20 Å². The van der Waals surface area contributed by atoms with Gasteiger partial charge in [0.25, 0.3) is 10.0 Å². The zero-order chi connectivity index (χ0) is 16.4. The molecule has 3 heterocycles. The molecule has 1 fully saturated rings. The first-order valence-electron chi connectivity index (χ1n) is 7.61. The van der Waals surface area contributed by atoms with Gasteiger partial charge in [0.15, 0.2) is 0 Å². The van der Waals surface area contributed by atoms with Crippen LogP contribution < -0.4 is 4.74 Å². The van der Waals surface area contributed by atoms with Crippen molar-refractivity contribution in [3.63, 3.8) is 0 Å². The van der Waals surface area contributed by atoms with Crippen LogP contribution in [0.4, 0.5) is 0 Å². The number of rotatable bonds is 4. The van der Waals surface area contributed by atoms with Crippen LogP contribution in [0.5, 0.6) is 5.75 Å². The van der Waals surface area contributed by atoms with Gasteiger partial charge in [0.1, 0.15) is 16.1 Å². The van der Waals surface area contributed by atoms with Gasteiger partial charge in [0, 0.05) is 23.7 Å². The Morgan fingerprint density at radius 1 is 1.17 bits per heavy atom. The zero-order valence-corrected chi connectivity index (χ0v) is 14.9. The fraction of sp³-hybridized carbons (Fsp3) is 0.438. The van der Waals surface area contributed by atoms with Gasteiger partial charge in [0.2, 0.25) is 0 Å². The molecule has 7 heteroatoms. The number of ether oxygens (including phenoxy) is 1. The van der Waals surface area contributed by atoms with Gasteiger partial charge in [-0.25, -0.2) is 8.42 Å². The number of pyridine rings is 1. The van der Waals surface area contributed by atoms with E-state index in [-0.39, 0.29) is 6.10 Å². The van der Waals surface area contributed by atoms with Gasteiger partial charge in [-0.3, -0.25) is 4.98 Å². The molecule has 1 aliphatic rings. The van der Waals surface area contributed by atoms with Gasteiger partial charge >= 0.3 is 0 Å². The normalized spacial score (nSPS) is 17.3. The molecule has 124 valence electrons. The van der Waals surface area contributed by atoms with Crippen molar-refractivity contribution in [2.45, 2.75) is 37.0 Å². The predicted molar refractivity (Wildman–Crippen MR) is 90.4 cm³/mol. The third-order valence-corrected chi connectivity index (χ3v) is 7.26. The Hall–Kier alpha value is -1.44. The van der Waals surface area contributed by atoms with E-state index >= 15 is 0 Å². The Bertz CT molecular complexity index is 761. The molecule has 0 radical (unpaired) electrons. The summed E-state index contributed by atoms with van der Waals surface area (Å²) in [7, 11) is -3.36. The quantitative estimate of drug-likeness (QED) is 0.849. The van der Waals surface area contributed by atoms with Crippen LogP contribution in [-0.2, 0) is 10.0 Å². The predicted octanol–water partition coefficient (Wildman–Crippen LogP) is 2.99. The molecule has 1 aliphatic heterocycles. The molecule has 5 nitrogen and oxygen atoms in total. The molecule has 3 rings (SSSR count). The maximum absolute atomic E-state index is 12.6. The molecule has 0 spiro atoms. The number of hydrogen-bond donors (Lipinski definition) is 0. The largest absolute Gasteiger partial charge is 0.489 e. The molecule has 0 atom stereocenters. The first kappa shape index (κ1) is 16.4. The minimum absolute atomic E-state index is 0.0380. The molecule has 0 bridgehead atoms. The summed E-state index contributed by atoms with van der Waals surface area (Å²) in [6.07, 6.45) is 3.14. The molecule has 0 saturated carbocycles. The molecule has 2 aromatic heterocycles. The molecule has 0 aliphatic carbocycles. The Kier molecular flexibility index (Phi) is 4.70. The van der Waals surface area contributed by atoms with E-state index in [4.69, 9.17) is 4.74 Å². The van der Waals surface area contributed by atoms with Crippen molar-refractivity contribution in [3.8, 4) is 5.75 Å². The van der Waals surface area contributed by atoms with E-state index in [0.29, 0.717) is 30.1 Å². The Labute approximate surface area is 141 Å². The van der Waals surface area contributed by atoms with E-state index in [1.807, 2.05) is 32.0 Å². The minimum Gasteiger partial charge on any atom is -0.489 e. The fourth-order valence-electron chi connectivity index (χ4n) is 2.58. The molecular formula is C16H20N2O3S2. The summed E-state index contributed by atoms with van der Waals surface area (Å²) in [5.74, 6) is 0.741. The lowest BCUT2D eigenvalue weighted by molar-refractivity contribution is 0.134. The maximum Gasteiger partial charge on any atom is 0.252 e. The molecule has 0 amide bonds. The van der Waals surface area contributed by atoms with Crippen LogP contribution in [0.1, 0.15) is 23.4 Å². The topological polar surface area (TPSA) is 59.5 Å². The third-order valence-electron chi connectivity index (χ3n) is 3.90. The number of sulfonamides is 1. The van der Waals surface area contributed by atoms with Crippen LogP contribution in [0.15, 0.2) is 34.7 Å². The van der Waals surface area contributed by atoms with Gasteiger partial charge in [-0.15, -0.1) is 11.3 Å². The highest BCUT2D eigenvalue weighted by Gasteiger charge is 2.31. The molecule has 1 saturated heterocycles. The van der Waals surface area contributed by atoms with Crippen molar-refractivity contribution in [2.75, 3.05) is 13.1 Å². The summed E-state index contributed by atoms with van der Waals surface area (Å²) < 4.78 is 33.1. The molecular weight excluding hydrogens is 332 g/mol. The van der Waals surface area contributed by atoms with Gasteiger partial charge in [-0.1, -0.05) is 0 Å². The van der Waals surface area contributed by atoms with Crippen LogP contribution in [0.25, 0.3) is 0 Å². The highest BCUT2D eigenvalue weighted by molar-refractivity contribution is 7.91. The average molecular weight is 352 g/mol. The third kappa shape index (κ3) is 3.73. The Morgan fingerprint density at radius 2 is 1.91 bits per heavy atom. The average Bonchev–Trinajstić information content (AvgIpc) is 2.98. The summed E-state index contributed by atoms with van der Waals surface area (Å²) >= 11 is 1.32. The smallest absolute Gasteiger partial charge is 0.252 e. The number of hydrogen-bond acceptors (Lipinski definition) is 5. The first-order chi connectivity index (χ1) is 10.9. The van der Waals surface area contributed by atoms with Crippen molar-refractivity contribution < 1.29 is 13.2 Å².